The van der Waals surface area contributed by atoms with E-state index in [0.29, 0.717) is 10.8 Å². The van der Waals surface area contributed by atoms with Crippen LogP contribution < -0.4 is 9.64 Å². The third-order valence-corrected chi connectivity index (χ3v) is 5.86. The lowest BCUT2D eigenvalue weighted by Gasteiger charge is -2.26. The fourth-order valence-electron chi connectivity index (χ4n) is 2.78. The highest BCUT2D eigenvalue weighted by atomic mass is 35.5. The molecular formula is C18H18ClNO2S. The summed E-state index contributed by atoms with van der Waals surface area (Å²) in [7, 11) is 1.62. The van der Waals surface area contributed by atoms with Crippen LogP contribution in [0.2, 0.25) is 5.02 Å². The highest BCUT2D eigenvalue weighted by Crippen LogP contribution is 2.49. The molecule has 2 atom stereocenters. The van der Waals surface area contributed by atoms with Crippen LogP contribution in [0.25, 0.3) is 0 Å². The maximum Gasteiger partial charge on any atom is 0.241 e. The summed E-state index contributed by atoms with van der Waals surface area (Å²) >= 11 is 8.03. The van der Waals surface area contributed by atoms with Crippen molar-refractivity contribution in [1.29, 1.82) is 0 Å². The zero-order valence-corrected chi connectivity index (χ0v) is 14.6. The van der Waals surface area contributed by atoms with Crippen LogP contribution in [0.3, 0.4) is 0 Å². The van der Waals surface area contributed by atoms with Gasteiger partial charge in [-0.15, -0.1) is 11.8 Å². The van der Waals surface area contributed by atoms with Crippen LogP contribution in [0.15, 0.2) is 48.5 Å². The molecule has 0 N–H and O–H groups in total. The third-order valence-electron chi connectivity index (χ3n) is 3.93. The molecule has 0 radical (unpaired) electrons. The second kappa shape index (κ2) is 6.85. The van der Waals surface area contributed by atoms with Crippen LogP contribution in [0, 0.1) is 0 Å². The van der Waals surface area contributed by atoms with Gasteiger partial charge in [0, 0.05) is 10.6 Å². The van der Waals surface area contributed by atoms with E-state index in [1.54, 1.807) is 18.9 Å². The number of amides is 1. The second-order valence-corrected chi connectivity index (χ2v) is 6.98. The molecule has 0 bridgehead atoms. The molecule has 0 aromatic heterocycles. The Kier molecular flexibility index (Phi) is 4.83. The Labute approximate surface area is 145 Å². The van der Waals surface area contributed by atoms with E-state index >= 15 is 0 Å². The number of halogens is 1. The second-order valence-electron chi connectivity index (χ2n) is 5.29. The number of hydrogen-bond donors (Lipinski definition) is 0. The first-order chi connectivity index (χ1) is 11.2. The summed E-state index contributed by atoms with van der Waals surface area (Å²) in [5.41, 5.74) is 1.74. The topological polar surface area (TPSA) is 29.5 Å². The first-order valence-corrected chi connectivity index (χ1v) is 8.85. The van der Waals surface area contributed by atoms with E-state index in [0.717, 1.165) is 17.7 Å². The molecule has 0 saturated carbocycles. The van der Waals surface area contributed by atoms with Crippen molar-refractivity contribution in [3.05, 3.63) is 59.1 Å². The first kappa shape index (κ1) is 16.2. The fourth-order valence-corrected chi connectivity index (χ4v) is 4.51. The van der Waals surface area contributed by atoms with Crippen molar-refractivity contribution < 1.29 is 9.53 Å². The summed E-state index contributed by atoms with van der Waals surface area (Å²) < 4.78 is 5.45. The molecule has 1 fully saturated rings. The van der Waals surface area contributed by atoms with Crippen molar-refractivity contribution in [3.8, 4) is 5.75 Å². The Morgan fingerprint density at radius 1 is 1.17 bits per heavy atom. The molecule has 1 saturated heterocycles. The van der Waals surface area contributed by atoms with Gasteiger partial charge in [-0.1, -0.05) is 48.9 Å². The molecule has 5 heteroatoms. The van der Waals surface area contributed by atoms with Crippen molar-refractivity contribution >= 4 is 35.0 Å². The molecular weight excluding hydrogens is 330 g/mol. The van der Waals surface area contributed by atoms with E-state index in [1.807, 2.05) is 60.4 Å². The van der Waals surface area contributed by atoms with Crippen molar-refractivity contribution in [3.63, 3.8) is 0 Å². The predicted molar refractivity (Wildman–Crippen MR) is 96.3 cm³/mol. The SMILES string of the molecule is CCC1SC(c2ccccc2Cl)N(c2ccccc2OC)C1=O. The largest absolute Gasteiger partial charge is 0.495 e. The quantitative estimate of drug-likeness (QED) is 0.787. The Morgan fingerprint density at radius 3 is 2.57 bits per heavy atom. The van der Waals surface area contributed by atoms with Crippen molar-refractivity contribution in [2.24, 2.45) is 0 Å². The molecule has 2 aromatic carbocycles. The number of carbonyl (C=O) groups excluding carboxylic acids is 1. The number of anilines is 1. The number of rotatable bonds is 4. The highest BCUT2D eigenvalue weighted by Gasteiger charge is 2.42. The van der Waals surface area contributed by atoms with Crippen molar-refractivity contribution in [2.45, 2.75) is 24.0 Å². The first-order valence-electron chi connectivity index (χ1n) is 7.53. The monoisotopic (exact) mass is 347 g/mol. The Hall–Kier alpha value is -1.65. The zero-order chi connectivity index (χ0) is 16.4. The average molecular weight is 348 g/mol. The van der Waals surface area contributed by atoms with Crippen LogP contribution >= 0.6 is 23.4 Å². The lowest BCUT2D eigenvalue weighted by atomic mass is 10.1. The number of benzene rings is 2. The number of para-hydroxylation sites is 2. The van der Waals surface area contributed by atoms with Gasteiger partial charge in [0.25, 0.3) is 0 Å². The lowest BCUT2D eigenvalue weighted by molar-refractivity contribution is -0.117. The summed E-state index contributed by atoms with van der Waals surface area (Å²) in [5.74, 6) is 0.794. The Bertz CT molecular complexity index is 722. The van der Waals surface area contributed by atoms with Crippen LogP contribution in [0.4, 0.5) is 5.69 Å². The van der Waals surface area contributed by atoms with E-state index in [-0.39, 0.29) is 16.5 Å². The van der Waals surface area contributed by atoms with Gasteiger partial charge in [0.05, 0.1) is 18.0 Å². The zero-order valence-electron chi connectivity index (χ0n) is 13.0. The molecule has 120 valence electrons. The fraction of sp³-hybridized carbons (Fsp3) is 0.278. The van der Waals surface area contributed by atoms with Gasteiger partial charge in [0.1, 0.15) is 11.1 Å². The van der Waals surface area contributed by atoms with Gasteiger partial charge in [0.15, 0.2) is 0 Å². The minimum Gasteiger partial charge on any atom is -0.495 e. The molecule has 1 aliphatic heterocycles. The normalized spacial score (nSPS) is 20.8. The summed E-state index contributed by atoms with van der Waals surface area (Å²) in [4.78, 5) is 14.7. The molecule has 0 aliphatic carbocycles. The predicted octanol–water partition coefficient (Wildman–Crippen LogP) is 4.91. The number of nitrogens with zero attached hydrogens (tertiary/aromatic N) is 1. The highest BCUT2D eigenvalue weighted by molar-refractivity contribution is 8.01. The van der Waals surface area contributed by atoms with E-state index in [4.69, 9.17) is 16.3 Å². The van der Waals surface area contributed by atoms with Gasteiger partial charge >= 0.3 is 0 Å². The van der Waals surface area contributed by atoms with Gasteiger partial charge in [-0.2, -0.15) is 0 Å². The van der Waals surface area contributed by atoms with Crippen LogP contribution in [-0.4, -0.2) is 18.3 Å². The van der Waals surface area contributed by atoms with Crippen LogP contribution in [0.5, 0.6) is 5.75 Å². The van der Waals surface area contributed by atoms with Crippen molar-refractivity contribution in [1.82, 2.24) is 0 Å². The van der Waals surface area contributed by atoms with E-state index in [2.05, 4.69) is 0 Å². The minimum absolute atomic E-state index is 0.0683. The van der Waals surface area contributed by atoms with Crippen LogP contribution in [0.1, 0.15) is 24.3 Å². The van der Waals surface area contributed by atoms with Crippen LogP contribution in [-0.2, 0) is 4.79 Å². The number of ether oxygens (including phenoxy) is 1. The van der Waals surface area contributed by atoms with Gasteiger partial charge in [-0.25, -0.2) is 0 Å². The molecule has 3 nitrogen and oxygen atoms in total. The minimum atomic E-state index is -0.141. The summed E-state index contributed by atoms with van der Waals surface area (Å²) in [5, 5.41) is 0.466. The average Bonchev–Trinajstić information content (AvgIpc) is 2.91. The molecule has 1 amide bonds. The summed E-state index contributed by atoms with van der Waals surface area (Å²) in [6.07, 6.45) is 0.788. The Balaban J connectivity index is 2.10. The van der Waals surface area contributed by atoms with E-state index < -0.39 is 0 Å². The summed E-state index contributed by atoms with van der Waals surface area (Å²) in [6.45, 7) is 2.03. The molecule has 2 aromatic rings. The van der Waals surface area contributed by atoms with Gasteiger partial charge in [0.2, 0.25) is 5.91 Å². The maximum atomic E-state index is 12.9. The van der Waals surface area contributed by atoms with Crippen molar-refractivity contribution in [2.75, 3.05) is 12.0 Å². The standard InChI is InChI=1S/C18H18ClNO2S/c1-3-16-17(21)20(14-10-6-7-11-15(14)22-2)18(23-16)12-8-4-5-9-13(12)19/h4-11,16,18H,3H2,1-2H3. The molecule has 23 heavy (non-hydrogen) atoms. The number of hydrogen-bond acceptors (Lipinski definition) is 3. The number of methoxy groups -OCH3 is 1. The third kappa shape index (κ3) is 2.93. The van der Waals surface area contributed by atoms with Gasteiger partial charge in [-0.3, -0.25) is 9.69 Å². The molecule has 1 aliphatic rings. The lowest BCUT2D eigenvalue weighted by Crippen LogP contribution is -2.31. The van der Waals surface area contributed by atoms with E-state index in [9.17, 15) is 4.79 Å². The maximum absolute atomic E-state index is 12.9. The number of thioether (sulfide) groups is 1. The van der Waals surface area contributed by atoms with Gasteiger partial charge < -0.3 is 4.74 Å². The van der Waals surface area contributed by atoms with Gasteiger partial charge in [-0.05, 0) is 24.6 Å². The molecule has 0 spiro atoms. The number of carbonyl (C=O) groups is 1. The van der Waals surface area contributed by atoms with E-state index in [1.165, 1.54) is 0 Å². The summed E-state index contributed by atoms with van der Waals surface area (Å²) in [6, 6.07) is 15.3. The molecule has 2 unspecified atom stereocenters. The molecule has 1 heterocycles. The molecule has 3 rings (SSSR count). The Morgan fingerprint density at radius 2 is 1.87 bits per heavy atom. The smallest absolute Gasteiger partial charge is 0.241 e.